The van der Waals surface area contributed by atoms with Crippen LogP contribution in [0.25, 0.3) is 6.08 Å². The molecular formula is C27H23BrFNO4. The van der Waals surface area contributed by atoms with Crippen LogP contribution >= 0.6 is 15.9 Å². The van der Waals surface area contributed by atoms with Crippen LogP contribution in [0.4, 0.5) is 4.39 Å². The molecule has 34 heavy (non-hydrogen) atoms. The predicted molar refractivity (Wildman–Crippen MR) is 133 cm³/mol. The molecule has 0 aromatic heterocycles. The molecule has 4 rings (SSSR count). The van der Waals surface area contributed by atoms with Gasteiger partial charge in [0.1, 0.15) is 12.4 Å². The van der Waals surface area contributed by atoms with Crippen molar-refractivity contribution in [3.63, 3.8) is 0 Å². The Bertz CT molecular complexity index is 1280. The zero-order valence-electron chi connectivity index (χ0n) is 19.0. The minimum Gasteiger partial charge on any atom is -0.493 e. The summed E-state index contributed by atoms with van der Waals surface area (Å²) in [5.74, 6) is 0.757. The summed E-state index contributed by atoms with van der Waals surface area (Å²) in [5, 5.41) is 0. The molecular weight excluding hydrogens is 501 g/mol. The quantitative estimate of drug-likeness (QED) is 0.257. The number of methoxy groups -OCH3 is 1. The van der Waals surface area contributed by atoms with Crippen LogP contribution in [0.1, 0.15) is 42.0 Å². The number of carbonyl (C=O) groups excluding carboxylic acids is 1. The zero-order valence-corrected chi connectivity index (χ0v) is 20.6. The van der Waals surface area contributed by atoms with Crippen molar-refractivity contribution in [2.24, 2.45) is 4.99 Å². The van der Waals surface area contributed by atoms with Gasteiger partial charge in [-0.2, -0.15) is 0 Å². The summed E-state index contributed by atoms with van der Waals surface area (Å²) in [5.41, 5.74) is 3.48. The third-order valence-corrected chi connectivity index (χ3v) is 5.86. The van der Waals surface area contributed by atoms with E-state index in [0.717, 1.165) is 5.56 Å². The first kappa shape index (κ1) is 23.7. The Hall–Kier alpha value is -3.45. The minimum absolute atomic E-state index is 0.169. The van der Waals surface area contributed by atoms with Gasteiger partial charge in [-0.25, -0.2) is 14.2 Å². The summed E-state index contributed by atoms with van der Waals surface area (Å²) in [6.07, 6.45) is 1.63. The fraction of sp³-hybridized carbons (Fsp3) is 0.185. The van der Waals surface area contributed by atoms with Gasteiger partial charge in [0, 0.05) is 5.56 Å². The number of halogens is 2. The summed E-state index contributed by atoms with van der Waals surface area (Å²) in [4.78, 5) is 16.8. The molecule has 3 aromatic rings. The first-order chi connectivity index (χ1) is 16.3. The van der Waals surface area contributed by atoms with E-state index in [9.17, 15) is 9.18 Å². The number of carbonyl (C=O) groups is 1. The third-order valence-electron chi connectivity index (χ3n) is 5.27. The Kier molecular flexibility index (Phi) is 7.12. The van der Waals surface area contributed by atoms with Crippen molar-refractivity contribution in [3.05, 3.63) is 98.9 Å². The van der Waals surface area contributed by atoms with Crippen molar-refractivity contribution in [2.75, 3.05) is 7.11 Å². The molecule has 0 radical (unpaired) electrons. The van der Waals surface area contributed by atoms with E-state index in [0.29, 0.717) is 33.0 Å². The number of aliphatic imine (C=N–C) groups is 1. The fourth-order valence-electron chi connectivity index (χ4n) is 3.45. The lowest BCUT2D eigenvalue weighted by Gasteiger charge is -2.13. The van der Waals surface area contributed by atoms with Crippen molar-refractivity contribution < 1.29 is 23.4 Å². The molecule has 0 amide bonds. The Labute approximate surface area is 206 Å². The Morgan fingerprint density at radius 2 is 1.88 bits per heavy atom. The largest absolute Gasteiger partial charge is 0.493 e. The van der Waals surface area contributed by atoms with Gasteiger partial charge in [-0.3, -0.25) is 0 Å². The highest BCUT2D eigenvalue weighted by atomic mass is 79.9. The van der Waals surface area contributed by atoms with Gasteiger partial charge in [0.25, 0.3) is 0 Å². The second kappa shape index (κ2) is 10.2. The van der Waals surface area contributed by atoms with E-state index in [4.69, 9.17) is 14.2 Å². The van der Waals surface area contributed by atoms with E-state index in [1.807, 2.05) is 24.3 Å². The fourth-order valence-corrected chi connectivity index (χ4v) is 4.02. The second-order valence-corrected chi connectivity index (χ2v) is 8.92. The van der Waals surface area contributed by atoms with E-state index in [2.05, 4.69) is 34.8 Å². The first-order valence-corrected chi connectivity index (χ1v) is 11.5. The van der Waals surface area contributed by atoms with Gasteiger partial charge in [-0.15, -0.1) is 0 Å². The van der Waals surface area contributed by atoms with Crippen LogP contribution in [-0.4, -0.2) is 19.0 Å². The van der Waals surface area contributed by atoms with Gasteiger partial charge in [-0.1, -0.05) is 38.1 Å². The smallest absolute Gasteiger partial charge is 0.363 e. The molecule has 0 atom stereocenters. The number of cyclic esters (lactones) is 1. The molecule has 174 valence electrons. The highest BCUT2D eigenvalue weighted by Gasteiger charge is 2.24. The first-order valence-electron chi connectivity index (χ1n) is 10.7. The van der Waals surface area contributed by atoms with Crippen LogP contribution in [0.2, 0.25) is 0 Å². The molecule has 5 nitrogen and oxygen atoms in total. The lowest BCUT2D eigenvalue weighted by Crippen LogP contribution is -2.05. The number of rotatable bonds is 7. The molecule has 1 aliphatic heterocycles. The number of benzene rings is 3. The van der Waals surface area contributed by atoms with Crippen LogP contribution in [0, 0.1) is 5.82 Å². The topological polar surface area (TPSA) is 57.1 Å². The molecule has 0 saturated heterocycles. The Balaban J connectivity index is 1.57. The minimum atomic E-state index is -0.524. The van der Waals surface area contributed by atoms with E-state index in [-0.39, 0.29) is 24.0 Å². The third kappa shape index (κ3) is 5.37. The molecule has 3 aromatic carbocycles. The Morgan fingerprint density at radius 1 is 1.12 bits per heavy atom. The lowest BCUT2D eigenvalue weighted by atomic mass is 10.0. The Morgan fingerprint density at radius 3 is 2.56 bits per heavy atom. The van der Waals surface area contributed by atoms with Crippen molar-refractivity contribution in [2.45, 2.75) is 26.4 Å². The summed E-state index contributed by atoms with van der Waals surface area (Å²) in [6, 6.07) is 17.5. The van der Waals surface area contributed by atoms with E-state index in [1.165, 1.54) is 24.8 Å². The lowest BCUT2D eigenvalue weighted by molar-refractivity contribution is -0.129. The molecule has 0 bridgehead atoms. The molecule has 7 heteroatoms. The van der Waals surface area contributed by atoms with Crippen LogP contribution in [0.5, 0.6) is 11.5 Å². The average Bonchev–Trinajstić information content (AvgIpc) is 3.18. The van der Waals surface area contributed by atoms with Gasteiger partial charge < -0.3 is 14.2 Å². The van der Waals surface area contributed by atoms with Gasteiger partial charge in [0.05, 0.1) is 11.6 Å². The molecule has 0 N–H and O–H groups in total. The van der Waals surface area contributed by atoms with E-state index < -0.39 is 5.97 Å². The molecule has 1 heterocycles. The zero-order chi connectivity index (χ0) is 24.2. The van der Waals surface area contributed by atoms with E-state index >= 15 is 0 Å². The van der Waals surface area contributed by atoms with Crippen LogP contribution in [0.15, 0.2) is 75.8 Å². The van der Waals surface area contributed by atoms with Gasteiger partial charge in [0.2, 0.25) is 5.90 Å². The van der Waals surface area contributed by atoms with Crippen molar-refractivity contribution in [1.82, 2.24) is 0 Å². The van der Waals surface area contributed by atoms with Crippen LogP contribution in [0.3, 0.4) is 0 Å². The number of esters is 1. The van der Waals surface area contributed by atoms with Gasteiger partial charge in [-0.05, 0) is 81.0 Å². The molecule has 0 spiro atoms. The molecule has 0 fully saturated rings. The van der Waals surface area contributed by atoms with Gasteiger partial charge in [0.15, 0.2) is 17.2 Å². The highest BCUT2D eigenvalue weighted by molar-refractivity contribution is 9.10. The molecule has 0 aliphatic carbocycles. The standard InChI is InChI=1S/C27H23BrFNO4/c1-16(2)19-7-9-20(10-8-19)26-30-23(27(31)34-26)13-18-12-22(28)25(24(14-18)32-3)33-15-17-5-4-6-21(29)11-17/h4-14,16H,15H2,1-3H3/b23-13-. The highest BCUT2D eigenvalue weighted by Crippen LogP contribution is 2.38. The second-order valence-electron chi connectivity index (χ2n) is 8.07. The average molecular weight is 524 g/mol. The summed E-state index contributed by atoms with van der Waals surface area (Å²) in [7, 11) is 1.52. The maximum atomic E-state index is 13.4. The van der Waals surface area contributed by atoms with Crippen LogP contribution in [-0.2, 0) is 16.1 Å². The SMILES string of the molecule is COc1cc(/C=C2\N=C(c3ccc(C(C)C)cc3)OC2=O)cc(Br)c1OCc1cccc(F)c1. The summed E-state index contributed by atoms with van der Waals surface area (Å²) >= 11 is 3.50. The summed E-state index contributed by atoms with van der Waals surface area (Å²) < 4.78 is 30.8. The number of nitrogens with zero attached hydrogens (tertiary/aromatic N) is 1. The molecule has 0 unspecified atom stereocenters. The molecule has 0 saturated carbocycles. The normalized spacial score (nSPS) is 14.4. The summed E-state index contributed by atoms with van der Waals surface area (Å²) in [6.45, 7) is 4.41. The van der Waals surface area contributed by atoms with Gasteiger partial charge >= 0.3 is 5.97 Å². The molecule has 1 aliphatic rings. The predicted octanol–water partition coefficient (Wildman–Crippen LogP) is 6.64. The van der Waals surface area contributed by atoms with Crippen molar-refractivity contribution >= 4 is 33.9 Å². The van der Waals surface area contributed by atoms with Crippen molar-refractivity contribution in [1.29, 1.82) is 0 Å². The number of ether oxygens (including phenoxy) is 3. The monoisotopic (exact) mass is 523 g/mol. The van der Waals surface area contributed by atoms with Crippen molar-refractivity contribution in [3.8, 4) is 11.5 Å². The maximum Gasteiger partial charge on any atom is 0.363 e. The van der Waals surface area contributed by atoms with E-state index in [1.54, 1.807) is 30.3 Å². The number of hydrogen-bond donors (Lipinski definition) is 0. The van der Waals surface area contributed by atoms with Crippen LogP contribution < -0.4 is 9.47 Å². The number of hydrogen-bond acceptors (Lipinski definition) is 5. The maximum absolute atomic E-state index is 13.4.